The Morgan fingerprint density at radius 2 is 1.59 bits per heavy atom. The molecule has 1 aromatic rings. The summed E-state index contributed by atoms with van der Waals surface area (Å²) >= 11 is 0. The van der Waals surface area contributed by atoms with Crippen molar-refractivity contribution in [3.05, 3.63) is 18.2 Å². The molecule has 4 rings (SSSR count). The maximum atomic E-state index is 13.2. The van der Waals surface area contributed by atoms with Crippen LogP contribution < -0.4 is 10.2 Å². The first kappa shape index (κ1) is 24.9. The second-order valence-electron chi connectivity index (χ2n) is 8.82. The Balaban J connectivity index is 1.56. The number of nitrogens with zero attached hydrogens (tertiary/aromatic N) is 3. The van der Waals surface area contributed by atoms with E-state index in [2.05, 4.69) is 10.2 Å². The summed E-state index contributed by atoms with van der Waals surface area (Å²) < 4.78 is 38.6. The SMILES string of the molecule is O=C(CN1CCCCCCC1=O)Nc1cc(S(=O)(=O)N2CCOCC2)ccc1N1CCOCC1. The van der Waals surface area contributed by atoms with Crippen LogP contribution in [0, 0.1) is 0 Å². The molecule has 3 saturated heterocycles. The van der Waals surface area contributed by atoms with Crippen LogP contribution in [0.25, 0.3) is 0 Å². The van der Waals surface area contributed by atoms with Crippen LogP contribution in [0.15, 0.2) is 23.1 Å². The lowest BCUT2D eigenvalue weighted by Gasteiger charge is -2.31. The summed E-state index contributed by atoms with van der Waals surface area (Å²) in [4.78, 5) is 29.3. The quantitative estimate of drug-likeness (QED) is 0.635. The zero-order valence-corrected chi connectivity index (χ0v) is 20.4. The molecule has 3 aliphatic heterocycles. The van der Waals surface area contributed by atoms with Crippen LogP contribution in [0.4, 0.5) is 11.4 Å². The molecular weight excluding hydrogens is 460 g/mol. The molecule has 1 aromatic carbocycles. The highest BCUT2D eigenvalue weighted by Gasteiger charge is 2.28. The molecule has 34 heavy (non-hydrogen) atoms. The Labute approximate surface area is 201 Å². The Morgan fingerprint density at radius 1 is 0.912 bits per heavy atom. The van der Waals surface area contributed by atoms with Crippen LogP contribution in [0.2, 0.25) is 0 Å². The smallest absolute Gasteiger partial charge is 0.244 e. The van der Waals surface area contributed by atoms with E-state index in [-0.39, 0.29) is 23.3 Å². The number of nitrogens with one attached hydrogen (secondary N) is 1. The van der Waals surface area contributed by atoms with E-state index < -0.39 is 10.0 Å². The molecule has 1 N–H and O–H groups in total. The third-order valence-corrected chi connectivity index (χ3v) is 8.35. The van der Waals surface area contributed by atoms with Crippen LogP contribution >= 0.6 is 0 Å². The van der Waals surface area contributed by atoms with Crippen LogP contribution in [0.1, 0.15) is 32.1 Å². The molecule has 10 nitrogen and oxygen atoms in total. The number of likely N-dealkylation sites (tertiary alicyclic amines) is 1. The number of rotatable bonds is 6. The van der Waals surface area contributed by atoms with Gasteiger partial charge >= 0.3 is 0 Å². The fourth-order valence-corrected chi connectivity index (χ4v) is 5.97. The summed E-state index contributed by atoms with van der Waals surface area (Å²) in [6.45, 7) is 4.24. The topological polar surface area (TPSA) is 108 Å². The molecule has 0 bridgehead atoms. The van der Waals surface area contributed by atoms with Crippen molar-refractivity contribution in [1.29, 1.82) is 0 Å². The highest BCUT2D eigenvalue weighted by molar-refractivity contribution is 7.89. The molecule has 0 unspecified atom stereocenters. The van der Waals surface area contributed by atoms with Gasteiger partial charge in [0.1, 0.15) is 0 Å². The predicted octanol–water partition coefficient (Wildman–Crippen LogP) is 1.28. The minimum Gasteiger partial charge on any atom is -0.379 e. The normalized spacial score (nSPS) is 21.1. The number of sulfonamides is 1. The van der Waals surface area contributed by atoms with Crippen LogP contribution in [0.5, 0.6) is 0 Å². The van der Waals surface area contributed by atoms with Crippen molar-refractivity contribution in [2.75, 3.05) is 75.9 Å². The van der Waals surface area contributed by atoms with E-state index in [1.54, 1.807) is 17.0 Å². The summed E-state index contributed by atoms with van der Waals surface area (Å²) in [6.07, 6.45) is 4.28. The van der Waals surface area contributed by atoms with E-state index in [0.29, 0.717) is 71.3 Å². The van der Waals surface area contributed by atoms with Gasteiger partial charge in [0, 0.05) is 39.1 Å². The number of amides is 2. The number of anilines is 2. The zero-order valence-electron chi connectivity index (χ0n) is 19.5. The summed E-state index contributed by atoms with van der Waals surface area (Å²) in [5, 5.41) is 2.90. The maximum Gasteiger partial charge on any atom is 0.244 e. The minimum absolute atomic E-state index is 0.00750. The summed E-state index contributed by atoms with van der Waals surface area (Å²) in [6, 6.07) is 4.87. The number of morpholine rings is 2. The standard InChI is InChI=1S/C23H34N4O6S/c28-22(18-26-8-4-2-1-3-5-23(26)29)24-20-17-19(34(30,31)27-11-15-33-16-12-27)6-7-21(20)25-9-13-32-14-10-25/h6-7,17H,1-5,8-16,18H2,(H,24,28). The molecule has 188 valence electrons. The Morgan fingerprint density at radius 3 is 2.32 bits per heavy atom. The molecule has 0 aliphatic carbocycles. The van der Waals surface area contributed by atoms with Gasteiger partial charge < -0.3 is 24.6 Å². The Kier molecular flexibility index (Phi) is 8.41. The van der Waals surface area contributed by atoms with Gasteiger partial charge in [-0.2, -0.15) is 4.31 Å². The van der Waals surface area contributed by atoms with Crippen molar-refractivity contribution in [3.8, 4) is 0 Å². The number of carbonyl (C=O) groups is 2. The molecule has 3 aliphatic rings. The first-order valence-electron chi connectivity index (χ1n) is 12.1. The average Bonchev–Trinajstić information content (AvgIpc) is 2.85. The van der Waals surface area contributed by atoms with Gasteiger partial charge in [-0.3, -0.25) is 9.59 Å². The number of hydrogen-bond donors (Lipinski definition) is 1. The van der Waals surface area contributed by atoms with Crippen molar-refractivity contribution in [3.63, 3.8) is 0 Å². The van der Waals surface area contributed by atoms with E-state index >= 15 is 0 Å². The van der Waals surface area contributed by atoms with Crippen molar-refractivity contribution in [1.82, 2.24) is 9.21 Å². The molecule has 0 aromatic heterocycles. The van der Waals surface area contributed by atoms with E-state index in [4.69, 9.17) is 9.47 Å². The van der Waals surface area contributed by atoms with Gasteiger partial charge in [-0.1, -0.05) is 12.8 Å². The van der Waals surface area contributed by atoms with Crippen molar-refractivity contribution in [2.24, 2.45) is 0 Å². The van der Waals surface area contributed by atoms with Crippen molar-refractivity contribution >= 4 is 33.2 Å². The second-order valence-corrected chi connectivity index (χ2v) is 10.8. The lowest BCUT2D eigenvalue weighted by Crippen LogP contribution is -2.41. The minimum atomic E-state index is -3.72. The third-order valence-electron chi connectivity index (χ3n) is 6.46. The van der Waals surface area contributed by atoms with Gasteiger partial charge in [0.2, 0.25) is 21.8 Å². The molecule has 0 radical (unpaired) electrons. The largest absolute Gasteiger partial charge is 0.379 e. The number of benzene rings is 1. The number of hydrogen-bond acceptors (Lipinski definition) is 7. The highest BCUT2D eigenvalue weighted by atomic mass is 32.2. The third kappa shape index (κ3) is 6.07. The van der Waals surface area contributed by atoms with Gasteiger partial charge in [0.05, 0.1) is 49.2 Å². The van der Waals surface area contributed by atoms with E-state index in [0.717, 1.165) is 31.4 Å². The van der Waals surface area contributed by atoms with Crippen molar-refractivity contribution in [2.45, 2.75) is 37.0 Å². The van der Waals surface area contributed by atoms with Gasteiger partial charge in [0.15, 0.2) is 0 Å². The Bertz CT molecular complexity index is 974. The molecule has 0 atom stereocenters. The lowest BCUT2D eigenvalue weighted by molar-refractivity contribution is -0.135. The summed E-state index contributed by atoms with van der Waals surface area (Å²) in [5.41, 5.74) is 1.18. The summed E-state index contributed by atoms with van der Waals surface area (Å²) in [5.74, 6) is -0.337. The van der Waals surface area contributed by atoms with Crippen LogP contribution in [0.3, 0.4) is 0 Å². The fraction of sp³-hybridized carbons (Fsp3) is 0.652. The molecule has 3 fully saturated rings. The van der Waals surface area contributed by atoms with Gasteiger partial charge in [0.25, 0.3) is 0 Å². The molecule has 2 amide bonds. The summed E-state index contributed by atoms with van der Waals surface area (Å²) in [7, 11) is -3.72. The van der Waals surface area contributed by atoms with Crippen LogP contribution in [-0.2, 0) is 29.1 Å². The monoisotopic (exact) mass is 494 g/mol. The molecule has 3 heterocycles. The first-order valence-corrected chi connectivity index (χ1v) is 13.5. The second kappa shape index (κ2) is 11.5. The predicted molar refractivity (Wildman–Crippen MR) is 127 cm³/mol. The zero-order chi connectivity index (χ0) is 24.0. The number of ether oxygens (including phenoxy) is 2. The van der Waals surface area contributed by atoms with Crippen molar-refractivity contribution < 1.29 is 27.5 Å². The van der Waals surface area contributed by atoms with E-state index in [9.17, 15) is 18.0 Å². The lowest BCUT2D eigenvalue weighted by atomic mass is 10.1. The first-order chi connectivity index (χ1) is 16.4. The van der Waals surface area contributed by atoms with E-state index in [1.165, 1.54) is 10.4 Å². The average molecular weight is 495 g/mol. The highest BCUT2D eigenvalue weighted by Crippen LogP contribution is 2.31. The van der Waals surface area contributed by atoms with Gasteiger partial charge in [-0.05, 0) is 31.0 Å². The number of carbonyl (C=O) groups excluding carboxylic acids is 2. The van der Waals surface area contributed by atoms with Gasteiger partial charge in [-0.25, -0.2) is 8.42 Å². The maximum absolute atomic E-state index is 13.2. The Hall–Kier alpha value is -2.21. The van der Waals surface area contributed by atoms with E-state index in [1.807, 2.05) is 0 Å². The fourth-order valence-electron chi connectivity index (χ4n) is 4.54. The molecule has 11 heteroatoms. The van der Waals surface area contributed by atoms with Gasteiger partial charge in [-0.15, -0.1) is 0 Å². The van der Waals surface area contributed by atoms with Crippen LogP contribution in [-0.4, -0.2) is 95.1 Å². The molecule has 0 spiro atoms. The molecule has 0 saturated carbocycles. The molecular formula is C23H34N4O6S.